The molecule has 2 nitrogen and oxygen atoms in total. The van der Waals surface area contributed by atoms with E-state index in [1.165, 1.54) is 11.1 Å². The van der Waals surface area contributed by atoms with Crippen molar-refractivity contribution in [2.24, 2.45) is 5.41 Å². The first-order valence-electron chi connectivity index (χ1n) is 11.5. The molecule has 180 valence electrons. The van der Waals surface area contributed by atoms with Crippen LogP contribution in [0.2, 0.25) is 0 Å². The normalized spacial score (nSPS) is 12.5. The quantitative estimate of drug-likeness (QED) is 0.201. The van der Waals surface area contributed by atoms with E-state index in [1.54, 1.807) is 0 Å². The maximum absolute atomic E-state index is 5.86. The molecular weight excluding hydrogens is 400 g/mol. The Kier molecular flexibility index (Phi) is 24.0. The van der Waals surface area contributed by atoms with Gasteiger partial charge in [-0.15, -0.1) is 13.2 Å². The lowest BCUT2D eigenvalue weighted by Crippen LogP contribution is -2.17. The minimum atomic E-state index is -0.264. The Labute approximate surface area is 199 Å². The first-order chi connectivity index (χ1) is 14.8. The number of hydrogen-bond acceptors (Lipinski definition) is 3. The third-order valence-corrected chi connectivity index (χ3v) is 5.02. The molecular formula is C28H50O2S. The molecule has 0 radical (unpaired) electrons. The van der Waals surface area contributed by atoms with E-state index in [-0.39, 0.29) is 6.29 Å². The monoisotopic (exact) mass is 450 g/mol. The van der Waals surface area contributed by atoms with E-state index in [1.807, 2.05) is 71.5 Å². The average molecular weight is 451 g/mol. The molecule has 0 aromatic heterocycles. The Hall–Kier alpha value is -1.45. The number of allylic oxidation sites excluding steroid dienone is 2. The molecule has 0 amide bonds. The third kappa shape index (κ3) is 17.9. The van der Waals surface area contributed by atoms with Gasteiger partial charge in [-0.2, -0.15) is 11.8 Å². The summed E-state index contributed by atoms with van der Waals surface area (Å²) in [7, 11) is 0. The summed E-state index contributed by atoms with van der Waals surface area (Å²) >= 11 is 1.91. The van der Waals surface area contributed by atoms with Gasteiger partial charge >= 0.3 is 0 Å². The fraction of sp³-hybridized carbons (Fsp3) is 0.571. The summed E-state index contributed by atoms with van der Waals surface area (Å²) in [5.74, 6) is 0.849. The standard InChI is InChI=1S/C22H34O2S.2C2H6.C2H4/c1-8-18(9-2)14-15-23-17(3)24-20-12-10-19(11-13-20)21(25-7)16-22(4,5)6;3*1-2/h8-13,17,21H,1,14-16H2,2-7H3;2*1-2H3;1-2H2/b18-9+;;;. The van der Waals surface area contributed by atoms with Crippen molar-refractivity contribution >= 4 is 11.8 Å². The molecule has 0 saturated carbocycles. The molecule has 3 heteroatoms. The van der Waals surface area contributed by atoms with E-state index in [9.17, 15) is 0 Å². The lowest BCUT2D eigenvalue weighted by molar-refractivity contribution is -0.0652. The summed E-state index contributed by atoms with van der Waals surface area (Å²) in [5.41, 5.74) is 2.87. The number of rotatable bonds is 10. The van der Waals surface area contributed by atoms with Crippen LogP contribution in [-0.4, -0.2) is 19.2 Å². The van der Waals surface area contributed by atoms with E-state index in [0.717, 1.165) is 18.6 Å². The zero-order valence-electron chi connectivity index (χ0n) is 22.1. The summed E-state index contributed by atoms with van der Waals surface area (Å²) in [6.07, 6.45) is 7.85. The highest BCUT2D eigenvalue weighted by Crippen LogP contribution is 2.38. The molecule has 1 rings (SSSR count). The van der Waals surface area contributed by atoms with Gasteiger partial charge in [0.05, 0.1) is 6.61 Å². The molecule has 2 unspecified atom stereocenters. The molecule has 1 aromatic carbocycles. The number of ether oxygens (including phenoxy) is 2. The van der Waals surface area contributed by atoms with Crippen molar-refractivity contribution in [3.05, 3.63) is 67.3 Å². The second-order valence-electron chi connectivity index (χ2n) is 7.43. The number of hydrogen-bond donors (Lipinski definition) is 0. The second-order valence-corrected chi connectivity index (χ2v) is 8.47. The number of thioether (sulfide) groups is 1. The molecule has 0 bridgehead atoms. The molecule has 0 heterocycles. The van der Waals surface area contributed by atoms with Gasteiger partial charge in [0.2, 0.25) is 0 Å². The van der Waals surface area contributed by atoms with Crippen molar-refractivity contribution in [3.8, 4) is 5.75 Å². The van der Waals surface area contributed by atoms with Crippen LogP contribution in [0.1, 0.15) is 86.0 Å². The van der Waals surface area contributed by atoms with Crippen LogP contribution in [-0.2, 0) is 4.74 Å². The van der Waals surface area contributed by atoms with Crippen molar-refractivity contribution in [2.75, 3.05) is 12.9 Å². The van der Waals surface area contributed by atoms with Crippen molar-refractivity contribution < 1.29 is 9.47 Å². The van der Waals surface area contributed by atoms with Crippen molar-refractivity contribution in [3.63, 3.8) is 0 Å². The van der Waals surface area contributed by atoms with E-state index in [0.29, 0.717) is 17.3 Å². The van der Waals surface area contributed by atoms with E-state index in [2.05, 4.69) is 65.0 Å². The molecule has 0 spiro atoms. The molecule has 0 N–H and O–H groups in total. The van der Waals surface area contributed by atoms with Gasteiger partial charge in [-0.05, 0) is 56.1 Å². The van der Waals surface area contributed by atoms with E-state index in [4.69, 9.17) is 9.47 Å². The van der Waals surface area contributed by atoms with Crippen LogP contribution < -0.4 is 4.74 Å². The minimum absolute atomic E-state index is 0.264. The van der Waals surface area contributed by atoms with Crippen LogP contribution in [0.4, 0.5) is 0 Å². The highest BCUT2D eigenvalue weighted by molar-refractivity contribution is 7.98. The van der Waals surface area contributed by atoms with Crippen LogP contribution in [0.25, 0.3) is 0 Å². The molecule has 0 aliphatic heterocycles. The Morgan fingerprint density at radius 1 is 1.06 bits per heavy atom. The van der Waals surface area contributed by atoms with Crippen LogP contribution >= 0.6 is 11.8 Å². The van der Waals surface area contributed by atoms with Crippen molar-refractivity contribution in [1.29, 1.82) is 0 Å². The summed E-state index contributed by atoms with van der Waals surface area (Å²) in [6.45, 7) is 29.2. The van der Waals surface area contributed by atoms with Gasteiger partial charge in [-0.25, -0.2) is 0 Å². The molecule has 0 fully saturated rings. The predicted octanol–water partition coefficient (Wildman–Crippen LogP) is 9.65. The first-order valence-corrected chi connectivity index (χ1v) is 12.8. The molecule has 0 aliphatic carbocycles. The summed E-state index contributed by atoms with van der Waals surface area (Å²) in [6, 6.07) is 8.43. The van der Waals surface area contributed by atoms with Crippen LogP contribution in [0, 0.1) is 5.41 Å². The molecule has 31 heavy (non-hydrogen) atoms. The lowest BCUT2D eigenvalue weighted by atomic mass is 9.88. The smallest absolute Gasteiger partial charge is 0.196 e. The van der Waals surface area contributed by atoms with Gasteiger partial charge in [0, 0.05) is 5.25 Å². The van der Waals surface area contributed by atoms with Gasteiger partial charge in [-0.3, -0.25) is 0 Å². The Balaban J connectivity index is -0.00000120. The minimum Gasteiger partial charge on any atom is -0.465 e. The summed E-state index contributed by atoms with van der Waals surface area (Å²) < 4.78 is 11.6. The number of benzene rings is 1. The first kappa shape index (κ1) is 34.2. The highest BCUT2D eigenvalue weighted by Gasteiger charge is 2.19. The van der Waals surface area contributed by atoms with Gasteiger partial charge in [-0.1, -0.05) is 84.9 Å². The van der Waals surface area contributed by atoms with Crippen LogP contribution in [0.3, 0.4) is 0 Å². The maximum Gasteiger partial charge on any atom is 0.196 e. The average Bonchev–Trinajstić information content (AvgIpc) is 2.79. The van der Waals surface area contributed by atoms with Crippen LogP contribution in [0.5, 0.6) is 5.75 Å². The van der Waals surface area contributed by atoms with E-state index >= 15 is 0 Å². The SMILES string of the molecule is C=C.C=C/C(=C\C)CCOC(C)Oc1ccc(C(CC(C)(C)C)SC)cc1.CC.CC. The Morgan fingerprint density at radius 3 is 1.97 bits per heavy atom. The molecule has 1 aromatic rings. The van der Waals surface area contributed by atoms with Gasteiger partial charge < -0.3 is 9.47 Å². The summed E-state index contributed by atoms with van der Waals surface area (Å²) in [5, 5.41) is 0.515. The Bertz CT molecular complexity index is 555. The van der Waals surface area contributed by atoms with Crippen molar-refractivity contribution in [1.82, 2.24) is 0 Å². The lowest BCUT2D eigenvalue weighted by Gasteiger charge is -2.25. The van der Waals surface area contributed by atoms with Crippen LogP contribution in [0.15, 0.2) is 61.7 Å². The van der Waals surface area contributed by atoms with Gasteiger partial charge in [0.1, 0.15) is 5.75 Å². The van der Waals surface area contributed by atoms with Gasteiger partial charge in [0.25, 0.3) is 0 Å². The van der Waals surface area contributed by atoms with E-state index < -0.39 is 0 Å². The van der Waals surface area contributed by atoms with Crippen molar-refractivity contribution in [2.45, 2.75) is 86.7 Å². The zero-order chi connectivity index (χ0) is 24.9. The predicted molar refractivity (Wildman–Crippen MR) is 145 cm³/mol. The topological polar surface area (TPSA) is 18.5 Å². The third-order valence-electron chi connectivity index (χ3n) is 4.01. The largest absolute Gasteiger partial charge is 0.465 e. The maximum atomic E-state index is 5.86. The molecule has 2 atom stereocenters. The zero-order valence-corrected chi connectivity index (χ0v) is 22.9. The highest BCUT2D eigenvalue weighted by atomic mass is 32.2. The summed E-state index contributed by atoms with van der Waals surface area (Å²) in [4.78, 5) is 0. The second kappa shape index (κ2) is 21.8. The molecule has 0 aliphatic rings. The fourth-order valence-corrected chi connectivity index (χ4v) is 3.68. The Morgan fingerprint density at radius 2 is 1.58 bits per heavy atom. The molecule has 0 saturated heterocycles. The fourth-order valence-electron chi connectivity index (χ4n) is 2.59. The van der Waals surface area contributed by atoms with Gasteiger partial charge in [0.15, 0.2) is 6.29 Å².